The number of hydrogen-bond donors (Lipinski definition) is 0. The third kappa shape index (κ3) is 60.0. The van der Waals surface area contributed by atoms with E-state index in [1.54, 1.807) is 0 Å². The first-order valence-corrected chi connectivity index (χ1v) is 32.3. The second-order valence-electron chi connectivity index (χ2n) is 21.6. The van der Waals surface area contributed by atoms with E-state index in [1.165, 1.54) is 186 Å². The van der Waals surface area contributed by atoms with E-state index < -0.39 is 6.10 Å². The molecule has 1 unspecified atom stereocenters. The van der Waals surface area contributed by atoms with Gasteiger partial charge in [-0.05, 0) is 77.0 Å². The first kappa shape index (κ1) is 71.1. The molecule has 0 radical (unpaired) electrons. The van der Waals surface area contributed by atoms with E-state index in [-0.39, 0.29) is 31.1 Å². The largest absolute Gasteiger partial charge is 0.462 e. The molecule has 0 saturated carbocycles. The molecule has 0 aromatic heterocycles. The Morgan fingerprint density at radius 3 is 0.878 bits per heavy atom. The van der Waals surface area contributed by atoms with Crippen LogP contribution in [0.3, 0.4) is 0 Å². The average Bonchev–Trinajstić information content (AvgIpc) is 3.40. The number of unbranched alkanes of at least 4 members (excludes halogenated alkanes) is 38. The molecule has 0 fully saturated rings. The molecule has 0 rings (SSSR count). The molecule has 6 nitrogen and oxygen atoms in total. The summed E-state index contributed by atoms with van der Waals surface area (Å²) >= 11 is 0. The number of ether oxygens (including phenoxy) is 3. The van der Waals surface area contributed by atoms with Crippen LogP contribution in [0.25, 0.3) is 0 Å². The van der Waals surface area contributed by atoms with Crippen molar-refractivity contribution in [3.05, 3.63) is 60.8 Å². The molecule has 0 heterocycles. The molecule has 0 aliphatic rings. The van der Waals surface area contributed by atoms with Crippen LogP contribution >= 0.6 is 0 Å². The number of carbonyl (C=O) groups is 3. The Morgan fingerprint density at radius 1 is 0.284 bits per heavy atom. The number of allylic oxidation sites excluding steroid dienone is 10. The van der Waals surface area contributed by atoms with Crippen molar-refractivity contribution >= 4 is 17.9 Å². The molecule has 6 heteroatoms. The zero-order valence-electron chi connectivity index (χ0n) is 49.4. The minimum absolute atomic E-state index is 0.0869. The van der Waals surface area contributed by atoms with Crippen LogP contribution in [-0.4, -0.2) is 37.2 Å². The van der Waals surface area contributed by atoms with Gasteiger partial charge in [-0.15, -0.1) is 0 Å². The van der Waals surface area contributed by atoms with Crippen molar-refractivity contribution in [1.29, 1.82) is 0 Å². The lowest BCUT2D eigenvalue weighted by Crippen LogP contribution is -2.30. The highest BCUT2D eigenvalue weighted by Gasteiger charge is 2.19. The highest BCUT2D eigenvalue weighted by atomic mass is 16.6. The fraction of sp³-hybridized carbons (Fsp3) is 0.809. The summed E-state index contributed by atoms with van der Waals surface area (Å²) < 4.78 is 16.9. The van der Waals surface area contributed by atoms with Crippen LogP contribution in [-0.2, 0) is 28.6 Å². The fourth-order valence-corrected chi connectivity index (χ4v) is 9.42. The van der Waals surface area contributed by atoms with E-state index in [2.05, 4.69) is 81.5 Å². The maximum absolute atomic E-state index is 12.9. The summed E-state index contributed by atoms with van der Waals surface area (Å²) in [5.41, 5.74) is 0. The quantitative estimate of drug-likeness (QED) is 0.0261. The minimum atomic E-state index is -0.793. The molecule has 0 aliphatic carbocycles. The molecule has 74 heavy (non-hydrogen) atoms. The summed E-state index contributed by atoms with van der Waals surface area (Å²) in [6.07, 6.45) is 79.7. The minimum Gasteiger partial charge on any atom is -0.462 e. The van der Waals surface area contributed by atoms with E-state index in [9.17, 15) is 14.4 Å². The Morgan fingerprint density at radius 2 is 0.541 bits per heavy atom. The Bertz CT molecular complexity index is 1330. The highest BCUT2D eigenvalue weighted by molar-refractivity contribution is 5.71. The van der Waals surface area contributed by atoms with Gasteiger partial charge in [0.2, 0.25) is 0 Å². The van der Waals surface area contributed by atoms with Crippen molar-refractivity contribution in [2.45, 2.75) is 341 Å². The Labute approximate surface area is 460 Å². The van der Waals surface area contributed by atoms with E-state index in [1.807, 2.05) is 0 Å². The fourth-order valence-electron chi connectivity index (χ4n) is 9.42. The summed E-state index contributed by atoms with van der Waals surface area (Å²) in [6, 6.07) is 0. The van der Waals surface area contributed by atoms with Crippen molar-refractivity contribution in [3.8, 4) is 0 Å². The predicted octanol–water partition coefficient (Wildman–Crippen LogP) is 21.9. The van der Waals surface area contributed by atoms with Gasteiger partial charge in [-0.3, -0.25) is 14.4 Å². The van der Waals surface area contributed by atoms with Gasteiger partial charge in [-0.2, -0.15) is 0 Å². The zero-order valence-corrected chi connectivity index (χ0v) is 49.4. The van der Waals surface area contributed by atoms with Crippen LogP contribution in [0.1, 0.15) is 335 Å². The second kappa shape index (κ2) is 62.6. The van der Waals surface area contributed by atoms with Gasteiger partial charge in [-0.25, -0.2) is 0 Å². The monoisotopic (exact) mass is 1030 g/mol. The maximum atomic E-state index is 12.9. The van der Waals surface area contributed by atoms with E-state index >= 15 is 0 Å². The first-order valence-electron chi connectivity index (χ1n) is 32.3. The summed E-state index contributed by atoms with van der Waals surface area (Å²) in [5.74, 6) is -0.917. The molecule has 0 bridgehead atoms. The predicted molar refractivity (Wildman–Crippen MR) is 321 cm³/mol. The molecular weight excluding hydrogens is 913 g/mol. The van der Waals surface area contributed by atoms with Gasteiger partial charge in [0, 0.05) is 19.3 Å². The normalized spacial score (nSPS) is 12.4. The van der Waals surface area contributed by atoms with E-state index in [0.29, 0.717) is 19.3 Å². The van der Waals surface area contributed by atoms with Gasteiger partial charge in [-0.1, -0.05) is 300 Å². The van der Waals surface area contributed by atoms with Crippen molar-refractivity contribution < 1.29 is 28.6 Å². The SMILES string of the molecule is CC/C=C\C/C=C\C/C=C\CCCCCC(=O)OCC(COC(=O)CCCCCCCCCCCCCCCCCCCCCCCCCCCCCCC)OC(=O)CCCCCCC/C=C\C/C=C\CCCC. The zero-order chi connectivity index (χ0) is 53.6. The molecule has 0 N–H and O–H groups in total. The molecule has 430 valence electrons. The van der Waals surface area contributed by atoms with Gasteiger partial charge in [0.05, 0.1) is 0 Å². The van der Waals surface area contributed by atoms with Crippen LogP contribution in [0.4, 0.5) is 0 Å². The molecule has 0 spiro atoms. The first-order chi connectivity index (χ1) is 36.5. The summed E-state index contributed by atoms with van der Waals surface area (Å²) in [4.78, 5) is 38.2. The number of carbonyl (C=O) groups excluding carboxylic acids is 3. The van der Waals surface area contributed by atoms with Crippen molar-refractivity contribution in [2.24, 2.45) is 0 Å². The molecular formula is C68H122O6. The lowest BCUT2D eigenvalue weighted by atomic mass is 10.0. The number of hydrogen-bond acceptors (Lipinski definition) is 6. The van der Waals surface area contributed by atoms with Crippen molar-refractivity contribution in [1.82, 2.24) is 0 Å². The molecule has 0 aromatic rings. The highest BCUT2D eigenvalue weighted by Crippen LogP contribution is 2.18. The van der Waals surface area contributed by atoms with Crippen molar-refractivity contribution in [3.63, 3.8) is 0 Å². The van der Waals surface area contributed by atoms with Gasteiger partial charge in [0.25, 0.3) is 0 Å². The Balaban J connectivity index is 4.16. The Hall–Kier alpha value is -2.89. The van der Waals surface area contributed by atoms with Crippen LogP contribution in [0.15, 0.2) is 60.8 Å². The van der Waals surface area contributed by atoms with Gasteiger partial charge in [0.1, 0.15) is 13.2 Å². The van der Waals surface area contributed by atoms with Crippen LogP contribution in [0.2, 0.25) is 0 Å². The smallest absolute Gasteiger partial charge is 0.306 e. The summed E-state index contributed by atoms with van der Waals surface area (Å²) in [6.45, 7) is 6.49. The molecule has 0 saturated heterocycles. The standard InChI is InChI=1S/C68H122O6/c1-4-7-10-13-16-19-22-25-27-28-29-30-31-32-33-34-35-36-37-38-39-40-41-44-46-49-52-55-58-61-67(70)73-64-65(63-72-66(69)60-57-54-51-48-45-42-24-21-18-15-12-9-6-3)74-68(71)62-59-56-53-50-47-43-26-23-20-17-14-11-8-5-2/h9,12,14,17-18,21,23,26,42,45,65H,4-8,10-11,13,15-16,19-20,22,24-25,27-41,43-44,46-64H2,1-3H3/b12-9-,17-14-,21-18-,26-23-,45-42-. The van der Waals surface area contributed by atoms with Crippen LogP contribution in [0.5, 0.6) is 0 Å². The third-order valence-corrected chi connectivity index (χ3v) is 14.3. The van der Waals surface area contributed by atoms with Crippen molar-refractivity contribution in [2.75, 3.05) is 13.2 Å². The molecule has 0 aromatic carbocycles. The van der Waals surface area contributed by atoms with E-state index in [0.717, 1.165) is 109 Å². The van der Waals surface area contributed by atoms with E-state index in [4.69, 9.17) is 14.2 Å². The Kier molecular flexibility index (Phi) is 60.2. The molecule has 1 atom stereocenters. The molecule has 0 aliphatic heterocycles. The van der Waals surface area contributed by atoms with Crippen LogP contribution < -0.4 is 0 Å². The molecule has 0 amide bonds. The van der Waals surface area contributed by atoms with Gasteiger partial charge < -0.3 is 14.2 Å². The summed E-state index contributed by atoms with van der Waals surface area (Å²) in [5, 5.41) is 0. The lowest BCUT2D eigenvalue weighted by Gasteiger charge is -2.18. The summed E-state index contributed by atoms with van der Waals surface area (Å²) in [7, 11) is 0. The average molecular weight is 1040 g/mol. The van der Waals surface area contributed by atoms with Crippen LogP contribution in [0, 0.1) is 0 Å². The lowest BCUT2D eigenvalue weighted by molar-refractivity contribution is -0.167. The second-order valence-corrected chi connectivity index (χ2v) is 21.6. The number of rotatable bonds is 59. The maximum Gasteiger partial charge on any atom is 0.306 e. The van der Waals surface area contributed by atoms with Gasteiger partial charge in [0.15, 0.2) is 6.10 Å². The van der Waals surface area contributed by atoms with Gasteiger partial charge >= 0.3 is 17.9 Å². The third-order valence-electron chi connectivity index (χ3n) is 14.3. The topological polar surface area (TPSA) is 78.9 Å². The number of esters is 3.